The third kappa shape index (κ3) is 3.21. The highest BCUT2D eigenvalue weighted by molar-refractivity contribution is 5.93. The number of hydrogen-bond acceptors (Lipinski definition) is 3. The molecule has 0 radical (unpaired) electrons. The van der Waals surface area contributed by atoms with Crippen LogP contribution in [0.25, 0.3) is 10.9 Å². The fraction of sp³-hybridized carbons (Fsp3) is 0.368. The highest BCUT2D eigenvalue weighted by Crippen LogP contribution is 2.31. The standard InChI is InChI=1S/C19H24N4/c1-4-16-15(2)21-18-9-6-5-8-17(18)19(16)22(3)11-7-12-23-13-10-20-14-23/h5-6,8-10,13-14H,4,7,11-12H2,1-3H3. The second-order valence-electron chi connectivity index (χ2n) is 5.97. The highest BCUT2D eigenvalue weighted by Gasteiger charge is 2.14. The Balaban J connectivity index is 1.87. The first-order valence-electron chi connectivity index (χ1n) is 8.25. The largest absolute Gasteiger partial charge is 0.374 e. The van der Waals surface area contributed by atoms with Gasteiger partial charge in [-0.3, -0.25) is 4.98 Å². The number of aryl methyl sites for hydroxylation is 2. The lowest BCUT2D eigenvalue weighted by Gasteiger charge is -2.25. The lowest BCUT2D eigenvalue weighted by Crippen LogP contribution is -2.22. The van der Waals surface area contributed by atoms with Crippen LogP contribution in [0.4, 0.5) is 5.69 Å². The average Bonchev–Trinajstić information content (AvgIpc) is 3.06. The van der Waals surface area contributed by atoms with Crippen molar-refractivity contribution < 1.29 is 0 Å². The molecule has 4 nitrogen and oxygen atoms in total. The minimum atomic E-state index is 0.994. The third-order valence-corrected chi connectivity index (χ3v) is 4.37. The molecule has 120 valence electrons. The second-order valence-corrected chi connectivity index (χ2v) is 5.97. The first kappa shape index (κ1) is 15.5. The van der Waals surface area contributed by atoms with Crippen LogP contribution in [0.3, 0.4) is 0 Å². The Morgan fingerprint density at radius 2 is 2.04 bits per heavy atom. The van der Waals surface area contributed by atoms with E-state index >= 15 is 0 Å². The first-order valence-corrected chi connectivity index (χ1v) is 8.25. The maximum Gasteiger partial charge on any atom is 0.0945 e. The molecule has 0 bridgehead atoms. The van der Waals surface area contributed by atoms with Gasteiger partial charge in [-0.2, -0.15) is 0 Å². The van der Waals surface area contributed by atoms with Crippen LogP contribution >= 0.6 is 0 Å². The van der Waals surface area contributed by atoms with Crippen molar-refractivity contribution in [2.75, 3.05) is 18.5 Å². The minimum absolute atomic E-state index is 0.994. The Morgan fingerprint density at radius 3 is 2.78 bits per heavy atom. The van der Waals surface area contributed by atoms with E-state index in [1.807, 2.05) is 18.7 Å². The smallest absolute Gasteiger partial charge is 0.0945 e. The maximum atomic E-state index is 4.77. The van der Waals surface area contributed by atoms with E-state index in [1.165, 1.54) is 16.6 Å². The number of rotatable bonds is 6. The zero-order chi connectivity index (χ0) is 16.2. The van der Waals surface area contributed by atoms with Crippen LogP contribution in [0.5, 0.6) is 0 Å². The monoisotopic (exact) mass is 308 g/mol. The van der Waals surface area contributed by atoms with E-state index < -0.39 is 0 Å². The van der Waals surface area contributed by atoms with Crippen molar-refractivity contribution in [1.82, 2.24) is 14.5 Å². The van der Waals surface area contributed by atoms with E-state index in [1.54, 1.807) is 0 Å². The molecule has 2 aromatic heterocycles. The molecule has 2 heterocycles. The molecular formula is C19H24N4. The molecule has 0 amide bonds. The summed E-state index contributed by atoms with van der Waals surface area (Å²) < 4.78 is 2.13. The number of anilines is 1. The van der Waals surface area contributed by atoms with Gasteiger partial charge in [0.1, 0.15) is 0 Å². The number of benzene rings is 1. The van der Waals surface area contributed by atoms with Gasteiger partial charge in [0.25, 0.3) is 0 Å². The maximum absolute atomic E-state index is 4.77. The van der Waals surface area contributed by atoms with Gasteiger partial charge in [0.2, 0.25) is 0 Å². The Labute approximate surface area is 137 Å². The van der Waals surface area contributed by atoms with Gasteiger partial charge in [-0.25, -0.2) is 4.98 Å². The molecular weight excluding hydrogens is 284 g/mol. The quantitative estimate of drug-likeness (QED) is 0.694. The van der Waals surface area contributed by atoms with E-state index in [2.05, 4.69) is 59.6 Å². The summed E-state index contributed by atoms with van der Waals surface area (Å²) >= 11 is 0. The zero-order valence-corrected chi connectivity index (χ0v) is 14.2. The van der Waals surface area contributed by atoms with E-state index in [9.17, 15) is 0 Å². The molecule has 0 aliphatic carbocycles. The lowest BCUT2D eigenvalue weighted by atomic mass is 10.0. The van der Waals surface area contributed by atoms with Crippen LogP contribution in [0.15, 0.2) is 43.0 Å². The summed E-state index contributed by atoms with van der Waals surface area (Å²) in [5, 5.41) is 1.25. The highest BCUT2D eigenvalue weighted by atomic mass is 15.1. The predicted octanol–water partition coefficient (Wildman–Crippen LogP) is 3.83. The Morgan fingerprint density at radius 1 is 1.22 bits per heavy atom. The van der Waals surface area contributed by atoms with Gasteiger partial charge in [0.15, 0.2) is 0 Å². The van der Waals surface area contributed by atoms with Crippen LogP contribution in [0.1, 0.15) is 24.6 Å². The molecule has 0 fully saturated rings. The molecule has 0 saturated carbocycles. The van der Waals surface area contributed by atoms with Crippen molar-refractivity contribution in [1.29, 1.82) is 0 Å². The third-order valence-electron chi connectivity index (χ3n) is 4.37. The van der Waals surface area contributed by atoms with Crippen LogP contribution in [-0.4, -0.2) is 28.1 Å². The molecule has 0 unspecified atom stereocenters. The van der Waals surface area contributed by atoms with Crippen molar-refractivity contribution in [3.05, 3.63) is 54.2 Å². The number of pyridine rings is 1. The predicted molar refractivity (Wildman–Crippen MR) is 96.0 cm³/mol. The van der Waals surface area contributed by atoms with E-state index in [-0.39, 0.29) is 0 Å². The summed E-state index contributed by atoms with van der Waals surface area (Å²) in [4.78, 5) is 11.3. The fourth-order valence-corrected chi connectivity index (χ4v) is 3.23. The molecule has 0 N–H and O–H groups in total. The normalized spacial score (nSPS) is 11.1. The molecule has 0 aliphatic heterocycles. The number of aromatic nitrogens is 3. The average molecular weight is 308 g/mol. The Kier molecular flexibility index (Phi) is 4.60. The fourth-order valence-electron chi connectivity index (χ4n) is 3.23. The number of hydrogen-bond donors (Lipinski definition) is 0. The van der Waals surface area contributed by atoms with Gasteiger partial charge < -0.3 is 9.47 Å². The molecule has 0 saturated heterocycles. The summed E-state index contributed by atoms with van der Waals surface area (Å²) in [6, 6.07) is 8.44. The topological polar surface area (TPSA) is 34.0 Å². The zero-order valence-electron chi connectivity index (χ0n) is 14.2. The van der Waals surface area contributed by atoms with Gasteiger partial charge in [0, 0.05) is 43.6 Å². The van der Waals surface area contributed by atoms with Crippen molar-refractivity contribution in [3.8, 4) is 0 Å². The van der Waals surface area contributed by atoms with E-state index in [0.717, 1.165) is 37.1 Å². The van der Waals surface area contributed by atoms with Crippen molar-refractivity contribution >= 4 is 16.6 Å². The summed E-state index contributed by atoms with van der Waals surface area (Å²) in [6.45, 7) is 6.34. The molecule has 0 spiro atoms. The van der Waals surface area contributed by atoms with Crippen LogP contribution < -0.4 is 4.90 Å². The first-order chi connectivity index (χ1) is 11.2. The van der Waals surface area contributed by atoms with E-state index in [4.69, 9.17) is 4.98 Å². The molecule has 4 heteroatoms. The Bertz CT molecular complexity index is 777. The van der Waals surface area contributed by atoms with Crippen LogP contribution in [-0.2, 0) is 13.0 Å². The molecule has 3 rings (SSSR count). The summed E-state index contributed by atoms with van der Waals surface area (Å²) in [5.41, 5.74) is 4.91. The summed E-state index contributed by atoms with van der Waals surface area (Å²) in [7, 11) is 2.19. The van der Waals surface area contributed by atoms with Crippen molar-refractivity contribution in [2.24, 2.45) is 0 Å². The minimum Gasteiger partial charge on any atom is -0.374 e. The van der Waals surface area contributed by atoms with Crippen molar-refractivity contribution in [2.45, 2.75) is 33.2 Å². The number of nitrogens with zero attached hydrogens (tertiary/aromatic N) is 4. The van der Waals surface area contributed by atoms with Gasteiger partial charge in [-0.15, -0.1) is 0 Å². The number of imidazole rings is 1. The molecule has 0 aliphatic rings. The summed E-state index contributed by atoms with van der Waals surface area (Å²) in [6.07, 6.45) is 7.82. The van der Waals surface area contributed by atoms with E-state index in [0.29, 0.717) is 0 Å². The SMILES string of the molecule is CCc1c(C)nc2ccccc2c1N(C)CCCn1ccnc1. The van der Waals surface area contributed by atoms with Crippen LogP contribution in [0.2, 0.25) is 0 Å². The van der Waals surface area contributed by atoms with Gasteiger partial charge in [-0.1, -0.05) is 25.1 Å². The molecule has 1 aromatic carbocycles. The molecule has 23 heavy (non-hydrogen) atoms. The number of para-hydroxylation sites is 1. The van der Waals surface area contributed by atoms with Gasteiger partial charge in [-0.05, 0) is 31.4 Å². The Hall–Kier alpha value is -2.36. The second kappa shape index (κ2) is 6.82. The lowest BCUT2D eigenvalue weighted by molar-refractivity contribution is 0.637. The molecule has 3 aromatic rings. The van der Waals surface area contributed by atoms with Crippen molar-refractivity contribution in [3.63, 3.8) is 0 Å². The summed E-state index contributed by atoms with van der Waals surface area (Å²) in [5.74, 6) is 0. The number of fused-ring (bicyclic) bond motifs is 1. The van der Waals surface area contributed by atoms with Crippen LogP contribution in [0, 0.1) is 6.92 Å². The van der Waals surface area contributed by atoms with Gasteiger partial charge in [0.05, 0.1) is 17.5 Å². The molecule has 0 atom stereocenters. The van der Waals surface area contributed by atoms with Gasteiger partial charge >= 0.3 is 0 Å².